The number of amides is 1. The molecule has 0 atom stereocenters. The van der Waals surface area contributed by atoms with Gasteiger partial charge in [0.2, 0.25) is 5.91 Å². The quantitative estimate of drug-likeness (QED) is 0.608. The van der Waals surface area contributed by atoms with Crippen LogP contribution in [0.3, 0.4) is 0 Å². The summed E-state index contributed by atoms with van der Waals surface area (Å²) in [5.74, 6) is -0.0209. The Morgan fingerprint density at radius 1 is 1.21 bits per heavy atom. The van der Waals surface area contributed by atoms with Crippen LogP contribution in [-0.4, -0.2) is 24.6 Å². The van der Waals surface area contributed by atoms with Crippen LogP contribution >= 0.6 is 11.3 Å². The van der Waals surface area contributed by atoms with Gasteiger partial charge >= 0.3 is 6.61 Å². The minimum atomic E-state index is -2.93. The Kier molecular flexibility index (Phi) is 6.20. The molecule has 0 spiro atoms. The molecule has 8 heteroatoms. The Hall–Kier alpha value is -3.00. The van der Waals surface area contributed by atoms with Crippen molar-refractivity contribution in [3.63, 3.8) is 0 Å². The highest BCUT2D eigenvalue weighted by Crippen LogP contribution is 2.34. The number of alkyl halides is 2. The number of thiazole rings is 1. The smallest absolute Gasteiger partial charge is 0.387 e. The Labute approximate surface area is 164 Å². The zero-order chi connectivity index (χ0) is 20.1. The van der Waals surface area contributed by atoms with Crippen molar-refractivity contribution < 1.29 is 23.0 Å². The summed E-state index contributed by atoms with van der Waals surface area (Å²) in [6, 6.07) is 12.1. The molecule has 1 heterocycles. The molecule has 0 aliphatic carbocycles. The number of rotatable bonds is 7. The van der Waals surface area contributed by atoms with Gasteiger partial charge in [0.1, 0.15) is 5.01 Å². The molecule has 1 aromatic heterocycles. The van der Waals surface area contributed by atoms with Crippen LogP contribution in [0.4, 0.5) is 14.5 Å². The predicted octanol–water partition coefficient (Wildman–Crippen LogP) is 4.91. The summed E-state index contributed by atoms with van der Waals surface area (Å²) in [7, 11) is 1.37. The molecule has 0 unspecified atom stereocenters. The summed E-state index contributed by atoms with van der Waals surface area (Å²) in [6.45, 7) is -1.01. The molecule has 0 saturated carbocycles. The molecular formula is C20H18F2N2O3S. The zero-order valence-corrected chi connectivity index (χ0v) is 16.1. The number of halogens is 2. The van der Waals surface area contributed by atoms with Gasteiger partial charge in [-0.15, -0.1) is 11.3 Å². The second-order valence-electron chi connectivity index (χ2n) is 5.91. The lowest BCUT2D eigenvalue weighted by atomic mass is 10.1. The van der Waals surface area contributed by atoms with Crippen molar-refractivity contribution in [1.29, 1.82) is 0 Å². The van der Waals surface area contributed by atoms with Crippen molar-refractivity contribution in [3.05, 3.63) is 58.4 Å². The predicted molar refractivity (Wildman–Crippen MR) is 104 cm³/mol. The van der Waals surface area contributed by atoms with Crippen LogP contribution in [0.15, 0.2) is 47.8 Å². The standard InChI is InChI=1S/C20H18F2N2O3S/c1-12-5-3-4-6-14(12)23-18(25)10-19-24-15(11-28-19)13-7-8-16(27-20(21)22)17(9-13)26-2/h3-9,11,20H,10H2,1-2H3,(H,23,25). The maximum atomic E-state index is 12.4. The van der Waals surface area contributed by atoms with Crippen LogP contribution in [0.1, 0.15) is 10.6 Å². The highest BCUT2D eigenvalue weighted by atomic mass is 32.1. The van der Waals surface area contributed by atoms with Gasteiger partial charge in [0.15, 0.2) is 11.5 Å². The average molecular weight is 404 g/mol. The summed E-state index contributed by atoms with van der Waals surface area (Å²) >= 11 is 1.35. The van der Waals surface area contributed by atoms with Crippen LogP contribution in [0.5, 0.6) is 11.5 Å². The first kappa shape index (κ1) is 19.8. The lowest BCUT2D eigenvalue weighted by Crippen LogP contribution is -2.14. The van der Waals surface area contributed by atoms with Crippen molar-refractivity contribution in [3.8, 4) is 22.8 Å². The third kappa shape index (κ3) is 4.83. The van der Waals surface area contributed by atoms with Crippen molar-refractivity contribution in [2.75, 3.05) is 12.4 Å². The molecule has 0 fully saturated rings. The molecule has 0 bridgehead atoms. The van der Waals surface area contributed by atoms with E-state index in [2.05, 4.69) is 15.0 Å². The van der Waals surface area contributed by atoms with Gasteiger partial charge in [-0.05, 0) is 36.8 Å². The van der Waals surface area contributed by atoms with Gasteiger partial charge in [0, 0.05) is 16.6 Å². The number of aromatic nitrogens is 1. The number of hydrogen-bond donors (Lipinski definition) is 1. The van der Waals surface area contributed by atoms with Crippen LogP contribution in [0, 0.1) is 6.92 Å². The fraction of sp³-hybridized carbons (Fsp3) is 0.200. The first-order chi connectivity index (χ1) is 13.5. The summed E-state index contributed by atoms with van der Waals surface area (Å²) in [6.07, 6.45) is 0.142. The third-order valence-corrected chi connectivity index (χ3v) is 4.81. The van der Waals surface area contributed by atoms with Crippen LogP contribution in [-0.2, 0) is 11.2 Å². The molecule has 3 rings (SSSR count). The molecule has 28 heavy (non-hydrogen) atoms. The van der Waals surface area contributed by atoms with E-state index < -0.39 is 6.61 Å². The van der Waals surface area contributed by atoms with E-state index in [0.717, 1.165) is 11.3 Å². The van der Waals surface area contributed by atoms with E-state index in [1.807, 2.05) is 31.2 Å². The number of nitrogens with zero attached hydrogens (tertiary/aromatic N) is 1. The van der Waals surface area contributed by atoms with Crippen molar-refractivity contribution in [2.24, 2.45) is 0 Å². The van der Waals surface area contributed by atoms with E-state index in [-0.39, 0.29) is 23.8 Å². The van der Waals surface area contributed by atoms with Gasteiger partial charge in [-0.1, -0.05) is 18.2 Å². The molecule has 1 amide bonds. The first-order valence-electron chi connectivity index (χ1n) is 8.39. The van der Waals surface area contributed by atoms with Crippen molar-refractivity contribution in [2.45, 2.75) is 20.0 Å². The van der Waals surface area contributed by atoms with Crippen LogP contribution < -0.4 is 14.8 Å². The average Bonchev–Trinajstić information content (AvgIpc) is 3.12. The molecule has 0 aliphatic heterocycles. The first-order valence-corrected chi connectivity index (χ1v) is 9.27. The minimum Gasteiger partial charge on any atom is -0.493 e. The van der Waals surface area contributed by atoms with Gasteiger partial charge < -0.3 is 14.8 Å². The van der Waals surface area contributed by atoms with Gasteiger partial charge in [0.25, 0.3) is 0 Å². The number of anilines is 1. The summed E-state index contributed by atoms with van der Waals surface area (Å²) in [5.41, 5.74) is 3.06. The number of ether oxygens (including phenoxy) is 2. The monoisotopic (exact) mass is 404 g/mol. The number of benzene rings is 2. The van der Waals surface area contributed by atoms with Gasteiger partial charge in [-0.25, -0.2) is 4.98 Å². The molecular weight excluding hydrogens is 386 g/mol. The zero-order valence-electron chi connectivity index (χ0n) is 15.2. The number of carbonyl (C=O) groups excluding carboxylic acids is 1. The number of aryl methyl sites for hydroxylation is 1. The van der Waals surface area contributed by atoms with Gasteiger partial charge in [-0.2, -0.15) is 8.78 Å². The van der Waals surface area contributed by atoms with Crippen LogP contribution in [0.25, 0.3) is 11.3 Å². The molecule has 0 saturated heterocycles. The fourth-order valence-corrected chi connectivity index (χ4v) is 3.39. The van der Waals surface area contributed by atoms with E-state index in [1.165, 1.54) is 24.5 Å². The Bertz CT molecular complexity index is 976. The molecule has 3 aromatic rings. The Morgan fingerprint density at radius 2 is 2.00 bits per heavy atom. The number of methoxy groups -OCH3 is 1. The number of para-hydroxylation sites is 1. The van der Waals surface area contributed by atoms with E-state index in [9.17, 15) is 13.6 Å². The van der Waals surface area contributed by atoms with Gasteiger partial charge in [-0.3, -0.25) is 4.79 Å². The Morgan fingerprint density at radius 3 is 2.71 bits per heavy atom. The number of carbonyl (C=O) groups is 1. The third-order valence-electron chi connectivity index (χ3n) is 3.96. The molecule has 0 aliphatic rings. The molecule has 2 aromatic carbocycles. The minimum absolute atomic E-state index is 0.0469. The largest absolute Gasteiger partial charge is 0.493 e. The highest BCUT2D eigenvalue weighted by molar-refractivity contribution is 7.10. The maximum Gasteiger partial charge on any atom is 0.387 e. The maximum absolute atomic E-state index is 12.4. The summed E-state index contributed by atoms with van der Waals surface area (Å²) in [5, 5.41) is 5.32. The van der Waals surface area contributed by atoms with E-state index in [0.29, 0.717) is 16.3 Å². The SMILES string of the molecule is COc1cc(-c2csc(CC(=O)Nc3ccccc3C)n2)ccc1OC(F)F. The molecule has 146 valence electrons. The normalized spacial score (nSPS) is 10.8. The van der Waals surface area contributed by atoms with Gasteiger partial charge in [0.05, 0.1) is 19.2 Å². The molecule has 0 radical (unpaired) electrons. The summed E-state index contributed by atoms with van der Waals surface area (Å²) < 4.78 is 34.4. The lowest BCUT2D eigenvalue weighted by Gasteiger charge is -2.10. The topological polar surface area (TPSA) is 60.5 Å². The van der Waals surface area contributed by atoms with Crippen molar-refractivity contribution >= 4 is 22.9 Å². The molecule has 1 N–H and O–H groups in total. The highest BCUT2D eigenvalue weighted by Gasteiger charge is 2.14. The number of nitrogens with one attached hydrogen (secondary N) is 1. The van der Waals surface area contributed by atoms with Crippen molar-refractivity contribution in [1.82, 2.24) is 4.98 Å². The number of hydrogen-bond acceptors (Lipinski definition) is 5. The Balaban J connectivity index is 1.71. The fourth-order valence-electron chi connectivity index (χ4n) is 2.59. The summed E-state index contributed by atoms with van der Waals surface area (Å²) in [4.78, 5) is 16.7. The van der Waals surface area contributed by atoms with E-state index in [1.54, 1.807) is 17.5 Å². The second kappa shape index (κ2) is 8.79. The van der Waals surface area contributed by atoms with Crippen LogP contribution in [0.2, 0.25) is 0 Å². The lowest BCUT2D eigenvalue weighted by molar-refractivity contribution is -0.115. The van der Waals surface area contributed by atoms with E-state index >= 15 is 0 Å². The second-order valence-corrected chi connectivity index (χ2v) is 6.85. The van der Waals surface area contributed by atoms with E-state index in [4.69, 9.17) is 4.74 Å². The molecule has 5 nitrogen and oxygen atoms in total.